The Morgan fingerprint density at radius 3 is 2.81 bits per heavy atom. The Morgan fingerprint density at radius 1 is 1.19 bits per heavy atom. The summed E-state index contributed by atoms with van der Waals surface area (Å²) in [5.41, 5.74) is 1.15. The van der Waals surface area contributed by atoms with Gasteiger partial charge in [0.05, 0.1) is 23.6 Å². The first-order valence-electron chi connectivity index (χ1n) is 8.80. The number of rotatable bonds is 5. The Hall–Kier alpha value is -2.25. The van der Waals surface area contributed by atoms with E-state index in [1.54, 1.807) is 16.7 Å². The Bertz CT molecular complexity index is 1030. The smallest absolute Gasteiger partial charge is 0.262 e. The second-order valence-corrected chi connectivity index (χ2v) is 7.44. The van der Waals surface area contributed by atoms with Gasteiger partial charge in [-0.1, -0.05) is 30.0 Å². The first-order valence-corrected chi connectivity index (χ1v) is 9.78. The summed E-state index contributed by atoms with van der Waals surface area (Å²) in [6.45, 7) is 1.15. The summed E-state index contributed by atoms with van der Waals surface area (Å²) in [5, 5.41) is 1.12. The zero-order valence-corrected chi connectivity index (χ0v) is 15.3. The predicted molar refractivity (Wildman–Crippen MR) is 101 cm³/mol. The van der Waals surface area contributed by atoms with Crippen LogP contribution in [-0.2, 0) is 17.0 Å². The molecule has 0 bridgehead atoms. The Labute approximate surface area is 159 Å². The van der Waals surface area contributed by atoms with Gasteiger partial charge in [0.1, 0.15) is 0 Å². The van der Waals surface area contributed by atoms with Crippen LogP contribution in [-0.4, -0.2) is 22.3 Å². The molecule has 140 valence electrons. The van der Waals surface area contributed by atoms with E-state index < -0.39 is 11.6 Å². The lowest BCUT2D eigenvalue weighted by Crippen LogP contribution is -2.28. The van der Waals surface area contributed by atoms with Crippen molar-refractivity contribution in [1.29, 1.82) is 0 Å². The van der Waals surface area contributed by atoms with Crippen LogP contribution >= 0.6 is 11.8 Å². The van der Waals surface area contributed by atoms with Gasteiger partial charge in [0.2, 0.25) is 0 Å². The van der Waals surface area contributed by atoms with E-state index >= 15 is 0 Å². The molecule has 3 aromatic rings. The van der Waals surface area contributed by atoms with Crippen LogP contribution < -0.4 is 5.56 Å². The van der Waals surface area contributed by atoms with Gasteiger partial charge in [0.25, 0.3) is 5.56 Å². The minimum Gasteiger partial charge on any atom is -0.376 e. The average molecular weight is 388 g/mol. The molecule has 1 saturated heterocycles. The Balaban J connectivity index is 1.68. The molecule has 1 fully saturated rings. The van der Waals surface area contributed by atoms with Gasteiger partial charge >= 0.3 is 0 Å². The van der Waals surface area contributed by atoms with E-state index in [4.69, 9.17) is 4.74 Å². The van der Waals surface area contributed by atoms with Crippen molar-refractivity contribution in [3.8, 4) is 0 Å². The lowest BCUT2D eigenvalue weighted by Gasteiger charge is -2.16. The molecule has 0 amide bonds. The van der Waals surface area contributed by atoms with Crippen molar-refractivity contribution >= 4 is 22.7 Å². The summed E-state index contributed by atoms with van der Waals surface area (Å²) in [5.74, 6) is -1.37. The topological polar surface area (TPSA) is 44.1 Å². The zero-order valence-electron chi connectivity index (χ0n) is 14.5. The number of hydrogen-bond acceptors (Lipinski definition) is 4. The van der Waals surface area contributed by atoms with Crippen LogP contribution in [0.15, 0.2) is 52.4 Å². The lowest BCUT2D eigenvalue weighted by atomic mass is 10.2. The summed E-state index contributed by atoms with van der Waals surface area (Å²) < 4.78 is 33.9. The molecule has 7 heteroatoms. The fourth-order valence-corrected chi connectivity index (χ4v) is 4.14. The molecule has 1 atom stereocenters. The Kier molecular flexibility index (Phi) is 5.22. The summed E-state index contributed by atoms with van der Waals surface area (Å²) >= 11 is 1.33. The van der Waals surface area contributed by atoms with Crippen molar-refractivity contribution in [1.82, 2.24) is 9.55 Å². The standard InChI is InChI=1S/C20H18F2N2O2S/c21-16-8-7-13(10-17(16)22)12-27-20-23-18-6-2-1-5-15(18)19(25)24(20)11-14-4-3-9-26-14/h1-2,5-8,10,14H,3-4,9,11-12H2/t14-/m0/s1. The number of para-hydroxylation sites is 1. The van der Waals surface area contributed by atoms with Crippen molar-refractivity contribution < 1.29 is 13.5 Å². The van der Waals surface area contributed by atoms with E-state index in [1.165, 1.54) is 23.9 Å². The van der Waals surface area contributed by atoms with Crippen LogP contribution in [0, 0.1) is 11.6 Å². The van der Waals surface area contributed by atoms with Crippen LogP contribution in [0.4, 0.5) is 8.78 Å². The highest BCUT2D eigenvalue weighted by Crippen LogP contribution is 2.24. The predicted octanol–water partition coefficient (Wildman–Crippen LogP) is 4.15. The van der Waals surface area contributed by atoms with Gasteiger partial charge in [-0.15, -0.1) is 0 Å². The second kappa shape index (κ2) is 7.78. The van der Waals surface area contributed by atoms with Gasteiger partial charge in [0.15, 0.2) is 16.8 Å². The van der Waals surface area contributed by atoms with E-state index in [-0.39, 0.29) is 11.7 Å². The largest absolute Gasteiger partial charge is 0.376 e. The van der Waals surface area contributed by atoms with Crippen LogP contribution in [0.1, 0.15) is 18.4 Å². The SMILES string of the molecule is O=c1c2ccccc2nc(SCc2ccc(F)c(F)c2)n1C[C@@H]1CCCO1. The number of thioether (sulfide) groups is 1. The molecule has 0 aliphatic carbocycles. The van der Waals surface area contributed by atoms with Crippen molar-refractivity contribution in [2.45, 2.75) is 36.4 Å². The number of benzene rings is 2. The van der Waals surface area contributed by atoms with Crippen molar-refractivity contribution in [2.75, 3.05) is 6.61 Å². The molecule has 27 heavy (non-hydrogen) atoms. The van der Waals surface area contributed by atoms with Gasteiger partial charge in [-0.3, -0.25) is 9.36 Å². The molecular formula is C20H18F2N2O2S. The quantitative estimate of drug-likeness (QED) is 0.487. The minimum absolute atomic E-state index is 0.00622. The maximum absolute atomic E-state index is 13.5. The number of aromatic nitrogens is 2. The van der Waals surface area contributed by atoms with Gasteiger partial charge in [-0.2, -0.15) is 0 Å². The van der Waals surface area contributed by atoms with Gasteiger partial charge < -0.3 is 4.74 Å². The van der Waals surface area contributed by atoms with Gasteiger partial charge in [0, 0.05) is 12.4 Å². The molecular weight excluding hydrogens is 370 g/mol. The van der Waals surface area contributed by atoms with Crippen LogP contribution in [0.5, 0.6) is 0 Å². The van der Waals surface area contributed by atoms with E-state index in [0.29, 0.717) is 40.5 Å². The number of hydrogen-bond donors (Lipinski definition) is 0. The number of nitrogens with zero attached hydrogens (tertiary/aromatic N) is 2. The molecule has 1 aliphatic rings. The van der Waals surface area contributed by atoms with Gasteiger partial charge in [-0.05, 0) is 42.7 Å². The fraction of sp³-hybridized carbons (Fsp3) is 0.300. The molecule has 0 saturated carbocycles. The molecule has 1 aromatic heterocycles. The number of halogens is 2. The molecule has 0 unspecified atom stereocenters. The summed E-state index contributed by atoms with van der Waals surface area (Å²) in [6, 6.07) is 11.0. The van der Waals surface area contributed by atoms with Crippen LogP contribution in [0.3, 0.4) is 0 Å². The number of fused-ring (bicyclic) bond motifs is 1. The summed E-state index contributed by atoms with van der Waals surface area (Å²) in [4.78, 5) is 17.6. The second-order valence-electron chi connectivity index (χ2n) is 6.50. The minimum atomic E-state index is -0.878. The Morgan fingerprint density at radius 2 is 2.04 bits per heavy atom. The summed E-state index contributed by atoms with van der Waals surface area (Å²) in [6.07, 6.45) is 1.89. The monoisotopic (exact) mass is 388 g/mol. The van der Waals surface area contributed by atoms with Crippen LogP contribution in [0.25, 0.3) is 10.9 Å². The highest BCUT2D eigenvalue weighted by atomic mass is 32.2. The van der Waals surface area contributed by atoms with E-state index in [9.17, 15) is 13.6 Å². The van der Waals surface area contributed by atoms with Crippen LogP contribution in [0.2, 0.25) is 0 Å². The molecule has 2 aromatic carbocycles. The molecule has 0 N–H and O–H groups in total. The lowest BCUT2D eigenvalue weighted by molar-refractivity contribution is 0.0937. The molecule has 0 spiro atoms. The molecule has 1 aliphatic heterocycles. The molecule has 4 nitrogen and oxygen atoms in total. The van der Waals surface area contributed by atoms with E-state index in [0.717, 1.165) is 18.9 Å². The van der Waals surface area contributed by atoms with Gasteiger partial charge in [-0.25, -0.2) is 13.8 Å². The highest BCUT2D eigenvalue weighted by Gasteiger charge is 2.20. The zero-order chi connectivity index (χ0) is 18.8. The summed E-state index contributed by atoms with van der Waals surface area (Å²) in [7, 11) is 0. The fourth-order valence-electron chi connectivity index (χ4n) is 3.19. The molecule has 0 radical (unpaired) electrons. The van der Waals surface area contributed by atoms with Crippen molar-refractivity contribution in [3.63, 3.8) is 0 Å². The normalized spacial score (nSPS) is 16.9. The average Bonchev–Trinajstić information content (AvgIpc) is 3.18. The van der Waals surface area contributed by atoms with Crippen molar-refractivity contribution in [3.05, 3.63) is 70.0 Å². The maximum Gasteiger partial charge on any atom is 0.262 e. The third-order valence-corrected chi connectivity index (χ3v) is 5.64. The third kappa shape index (κ3) is 3.89. The molecule has 2 heterocycles. The first-order chi connectivity index (χ1) is 13.1. The van der Waals surface area contributed by atoms with E-state index in [2.05, 4.69) is 4.98 Å². The highest BCUT2D eigenvalue weighted by molar-refractivity contribution is 7.98. The first kappa shape index (κ1) is 18.1. The van der Waals surface area contributed by atoms with E-state index in [1.807, 2.05) is 12.1 Å². The third-order valence-electron chi connectivity index (χ3n) is 4.59. The number of ether oxygens (including phenoxy) is 1. The molecule has 4 rings (SSSR count). The van der Waals surface area contributed by atoms with Crippen molar-refractivity contribution in [2.24, 2.45) is 0 Å². The maximum atomic E-state index is 13.5.